The van der Waals surface area contributed by atoms with Gasteiger partial charge in [-0.25, -0.2) is 0 Å². The standard InChI is InChI=1S/C22H19NO4S/c1-25-19-9-14(10-20(26-2)22(19)27-3)8-16(13-23)18(24)12-17-11-15-6-4-5-7-21(15)28-17/h4-11H,12H2,1-3H3/b16-8+. The zero-order chi connectivity index (χ0) is 20.1. The number of carbonyl (C=O) groups excluding carboxylic acids is 1. The van der Waals surface area contributed by atoms with Crippen molar-refractivity contribution in [2.45, 2.75) is 6.42 Å². The Hall–Kier alpha value is -3.30. The van der Waals surface area contributed by atoms with Crippen molar-refractivity contribution in [2.75, 3.05) is 21.3 Å². The van der Waals surface area contributed by atoms with Crippen LogP contribution in [0.15, 0.2) is 48.0 Å². The molecule has 3 aromatic rings. The molecule has 1 heterocycles. The number of fused-ring (bicyclic) bond motifs is 1. The SMILES string of the molecule is COc1cc(/C=C(\C#N)C(=O)Cc2cc3ccccc3s2)cc(OC)c1OC. The van der Waals surface area contributed by atoms with Crippen LogP contribution in [0.25, 0.3) is 16.2 Å². The van der Waals surface area contributed by atoms with Crippen LogP contribution in [0, 0.1) is 11.3 Å². The highest BCUT2D eigenvalue weighted by Crippen LogP contribution is 2.38. The van der Waals surface area contributed by atoms with E-state index in [9.17, 15) is 10.1 Å². The van der Waals surface area contributed by atoms with Crippen molar-refractivity contribution in [3.63, 3.8) is 0 Å². The van der Waals surface area contributed by atoms with Gasteiger partial charge in [0.05, 0.1) is 26.9 Å². The summed E-state index contributed by atoms with van der Waals surface area (Å²) >= 11 is 1.56. The van der Waals surface area contributed by atoms with Crippen molar-refractivity contribution in [2.24, 2.45) is 0 Å². The molecule has 0 saturated carbocycles. The zero-order valence-electron chi connectivity index (χ0n) is 15.8. The van der Waals surface area contributed by atoms with Gasteiger partial charge in [0.25, 0.3) is 0 Å². The molecule has 1 aromatic heterocycles. The Morgan fingerprint density at radius 2 is 1.75 bits per heavy atom. The molecule has 0 aliphatic rings. The lowest BCUT2D eigenvalue weighted by atomic mass is 10.0. The number of methoxy groups -OCH3 is 3. The summed E-state index contributed by atoms with van der Waals surface area (Å²) in [5, 5.41) is 10.6. The number of rotatable bonds is 7. The zero-order valence-corrected chi connectivity index (χ0v) is 16.6. The van der Waals surface area contributed by atoms with Gasteiger partial charge in [-0.2, -0.15) is 5.26 Å². The van der Waals surface area contributed by atoms with Gasteiger partial charge in [0.2, 0.25) is 5.75 Å². The third-order valence-electron chi connectivity index (χ3n) is 4.23. The Bertz CT molecular complexity index is 1030. The maximum absolute atomic E-state index is 12.7. The number of thiophene rings is 1. The predicted molar refractivity (Wildman–Crippen MR) is 110 cm³/mol. The van der Waals surface area contributed by atoms with E-state index in [0.29, 0.717) is 22.8 Å². The lowest BCUT2D eigenvalue weighted by molar-refractivity contribution is -0.114. The van der Waals surface area contributed by atoms with Crippen LogP contribution < -0.4 is 14.2 Å². The number of carbonyl (C=O) groups is 1. The molecule has 28 heavy (non-hydrogen) atoms. The highest BCUT2D eigenvalue weighted by Gasteiger charge is 2.16. The Kier molecular flexibility index (Phi) is 5.97. The summed E-state index contributed by atoms with van der Waals surface area (Å²) in [5.41, 5.74) is 0.697. The van der Waals surface area contributed by atoms with Crippen molar-refractivity contribution < 1.29 is 19.0 Å². The molecule has 0 aliphatic heterocycles. The number of allylic oxidation sites excluding steroid dienone is 1. The predicted octanol–water partition coefficient (Wildman–Crippen LogP) is 4.65. The molecule has 3 rings (SSSR count). The first kappa shape index (κ1) is 19.5. The molecule has 0 saturated heterocycles. The fourth-order valence-electron chi connectivity index (χ4n) is 2.90. The van der Waals surface area contributed by atoms with Crippen LogP contribution >= 0.6 is 11.3 Å². The van der Waals surface area contributed by atoms with Crippen molar-refractivity contribution in [1.29, 1.82) is 5.26 Å². The Morgan fingerprint density at radius 1 is 1.07 bits per heavy atom. The number of nitrogens with zero attached hydrogens (tertiary/aromatic N) is 1. The number of ketones is 1. The number of nitriles is 1. The molecule has 0 bridgehead atoms. The summed E-state index contributed by atoms with van der Waals surface area (Å²) < 4.78 is 17.1. The van der Waals surface area contributed by atoms with Gasteiger partial charge >= 0.3 is 0 Å². The Morgan fingerprint density at radius 3 is 2.32 bits per heavy atom. The third-order valence-corrected chi connectivity index (χ3v) is 5.35. The highest BCUT2D eigenvalue weighted by molar-refractivity contribution is 7.19. The van der Waals surface area contributed by atoms with E-state index < -0.39 is 0 Å². The van der Waals surface area contributed by atoms with E-state index in [4.69, 9.17) is 14.2 Å². The van der Waals surface area contributed by atoms with Crippen LogP contribution in [-0.2, 0) is 11.2 Å². The summed E-state index contributed by atoms with van der Waals surface area (Å²) in [4.78, 5) is 13.6. The second-order valence-electron chi connectivity index (χ2n) is 5.98. The molecule has 0 aliphatic carbocycles. The van der Waals surface area contributed by atoms with E-state index in [2.05, 4.69) is 0 Å². The first-order valence-corrected chi connectivity index (χ1v) is 9.33. The number of hydrogen-bond acceptors (Lipinski definition) is 6. The summed E-state index contributed by atoms with van der Waals surface area (Å²) in [5.74, 6) is 1.14. The normalized spacial score (nSPS) is 11.1. The molecule has 0 amide bonds. The first-order chi connectivity index (χ1) is 13.6. The lowest BCUT2D eigenvalue weighted by Gasteiger charge is -2.13. The van der Waals surface area contributed by atoms with Crippen LogP contribution in [-0.4, -0.2) is 27.1 Å². The van der Waals surface area contributed by atoms with Crippen LogP contribution in [0.2, 0.25) is 0 Å². The molecule has 0 spiro atoms. The average molecular weight is 393 g/mol. The number of hydrogen-bond donors (Lipinski definition) is 0. The van der Waals surface area contributed by atoms with Gasteiger partial charge in [0.15, 0.2) is 17.3 Å². The largest absolute Gasteiger partial charge is 0.493 e. The first-order valence-electron chi connectivity index (χ1n) is 8.52. The van der Waals surface area contributed by atoms with Crippen molar-refractivity contribution in [3.05, 3.63) is 58.5 Å². The maximum atomic E-state index is 12.7. The van der Waals surface area contributed by atoms with Gasteiger partial charge in [0, 0.05) is 16.0 Å². The molecule has 142 valence electrons. The van der Waals surface area contributed by atoms with E-state index in [1.807, 2.05) is 36.4 Å². The second-order valence-corrected chi connectivity index (χ2v) is 7.15. The fourth-order valence-corrected chi connectivity index (χ4v) is 3.97. The highest BCUT2D eigenvalue weighted by atomic mass is 32.1. The second kappa shape index (κ2) is 8.59. The van der Waals surface area contributed by atoms with Gasteiger partial charge in [-0.3, -0.25) is 4.79 Å². The summed E-state index contributed by atoms with van der Waals surface area (Å²) in [6.07, 6.45) is 1.73. The molecular formula is C22H19NO4S. The van der Waals surface area contributed by atoms with Crippen molar-refractivity contribution in [1.82, 2.24) is 0 Å². The molecule has 2 aromatic carbocycles. The molecular weight excluding hydrogens is 374 g/mol. The number of ether oxygens (including phenoxy) is 3. The van der Waals surface area contributed by atoms with Gasteiger partial charge in [-0.15, -0.1) is 11.3 Å². The fraction of sp³-hybridized carbons (Fsp3) is 0.182. The van der Waals surface area contributed by atoms with E-state index in [1.165, 1.54) is 21.3 Å². The maximum Gasteiger partial charge on any atom is 0.203 e. The smallest absolute Gasteiger partial charge is 0.203 e. The van der Waals surface area contributed by atoms with Crippen LogP contribution in [0.4, 0.5) is 0 Å². The van der Waals surface area contributed by atoms with Crippen LogP contribution in [0.1, 0.15) is 10.4 Å². The van der Waals surface area contributed by atoms with Crippen LogP contribution in [0.3, 0.4) is 0 Å². The Balaban J connectivity index is 1.90. The van der Waals surface area contributed by atoms with Crippen LogP contribution in [0.5, 0.6) is 17.2 Å². The van der Waals surface area contributed by atoms with Crippen molar-refractivity contribution in [3.8, 4) is 23.3 Å². The quantitative estimate of drug-likeness (QED) is 0.432. The summed E-state index contributed by atoms with van der Waals surface area (Å²) in [6.45, 7) is 0. The van der Waals surface area contributed by atoms with E-state index in [-0.39, 0.29) is 17.8 Å². The molecule has 0 radical (unpaired) electrons. The van der Waals surface area contributed by atoms with E-state index in [0.717, 1.165) is 15.0 Å². The summed E-state index contributed by atoms with van der Waals surface area (Å²) in [7, 11) is 4.55. The summed E-state index contributed by atoms with van der Waals surface area (Å²) in [6, 6.07) is 15.4. The third kappa shape index (κ3) is 4.00. The minimum atomic E-state index is -0.234. The Labute approximate surface area is 167 Å². The molecule has 0 N–H and O–H groups in total. The molecule has 0 unspecified atom stereocenters. The number of Topliss-reactive ketones (excluding diaryl/α,β-unsaturated/α-hetero) is 1. The number of benzene rings is 2. The van der Waals surface area contributed by atoms with Crippen molar-refractivity contribution >= 4 is 33.3 Å². The molecule has 5 nitrogen and oxygen atoms in total. The lowest BCUT2D eigenvalue weighted by Crippen LogP contribution is -2.04. The van der Waals surface area contributed by atoms with Gasteiger partial charge < -0.3 is 14.2 Å². The average Bonchev–Trinajstić information content (AvgIpc) is 3.13. The topological polar surface area (TPSA) is 68.5 Å². The van der Waals surface area contributed by atoms with E-state index >= 15 is 0 Å². The minimum absolute atomic E-state index is 0.0757. The molecule has 6 heteroatoms. The van der Waals surface area contributed by atoms with Gasteiger partial charge in [-0.05, 0) is 41.3 Å². The molecule has 0 fully saturated rings. The van der Waals surface area contributed by atoms with Gasteiger partial charge in [0.1, 0.15) is 6.07 Å². The van der Waals surface area contributed by atoms with Gasteiger partial charge in [-0.1, -0.05) is 18.2 Å². The monoisotopic (exact) mass is 393 g/mol. The minimum Gasteiger partial charge on any atom is -0.493 e. The van der Waals surface area contributed by atoms with E-state index in [1.54, 1.807) is 29.5 Å². The molecule has 0 atom stereocenters.